The molecule has 7 heteroatoms. The van der Waals surface area contributed by atoms with Crippen LogP contribution in [0.25, 0.3) is 0 Å². The molecule has 1 aromatic heterocycles. The average molecular weight is 529 g/mol. The second kappa shape index (κ2) is 15.7. The fourth-order valence-electron chi connectivity index (χ4n) is 4.61. The van der Waals surface area contributed by atoms with Crippen LogP contribution in [0, 0.1) is 0 Å². The zero-order valence-corrected chi connectivity index (χ0v) is 23.7. The number of nitrogens with zero attached hydrogens (tertiary/aromatic N) is 2. The van der Waals surface area contributed by atoms with Crippen LogP contribution in [0.15, 0.2) is 35.7 Å². The van der Waals surface area contributed by atoms with Gasteiger partial charge in [-0.2, -0.15) is 0 Å². The Kier molecular flexibility index (Phi) is 12.3. The van der Waals surface area contributed by atoms with Crippen molar-refractivity contribution >= 4 is 23.2 Å². The highest BCUT2D eigenvalue weighted by Gasteiger charge is 2.34. The van der Waals surface area contributed by atoms with E-state index < -0.39 is 0 Å². The van der Waals surface area contributed by atoms with Crippen LogP contribution in [-0.2, 0) is 22.6 Å². The molecular formula is C30H44N2O4S. The predicted molar refractivity (Wildman–Crippen MR) is 150 cm³/mol. The van der Waals surface area contributed by atoms with Crippen molar-refractivity contribution in [3.8, 4) is 11.5 Å². The van der Waals surface area contributed by atoms with Crippen LogP contribution in [0.3, 0.4) is 0 Å². The molecule has 0 atom stereocenters. The summed E-state index contributed by atoms with van der Waals surface area (Å²) in [6.07, 6.45) is 11.6. The van der Waals surface area contributed by atoms with E-state index in [1.165, 1.54) is 32.1 Å². The van der Waals surface area contributed by atoms with E-state index in [0.717, 1.165) is 36.1 Å². The van der Waals surface area contributed by atoms with Gasteiger partial charge in [0.25, 0.3) is 0 Å². The zero-order valence-electron chi connectivity index (χ0n) is 22.9. The molecule has 1 aliphatic carbocycles. The second-order valence-corrected chi connectivity index (χ2v) is 11.0. The van der Waals surface area contributed by atoms with Crippen LogP contribution in [-0.4, -0.2) is 55.0 Å². The molecule has 2 aromatic rings. The molecule has 3 rings (SSSR count). The fraction of sp³-hybridized carbons (Fsp3) is 0.600. The Morgan fingerprint density at radius 3 is 2.32 bits per heavy atom. The summed E-state index contributed by atoms with van der Waals surface area (Å²) in [6.45, 7) is 3.55. The van der Waals surface area contributed by atoms with Crippen molar-refractivity contribution < 1.29 is 19.1 Å². The van der Waals surface area contributed by atoms with Crippen LogP contribution in [0.5, 0.6) is 11.5 Å². The number of rotatable bonds is 18. The number of amides is 2. The van der Waals surface area contributed by atoms with E-state index >= 15 is 0 Å². The van der Waals surface area contributed by atoms with Gasteiger partial charge in [-0.3, -0.25) is 9.59 Å². The number of ether oxygens (including phenoxy) is 2. The Balaban J connectivity index is 1.58. The number of carbonyl (C=O) groups excluding carboxylic acids is 2. The molecule has 0 N–H and O–H groups in total. The predicted octanol–water partition coefficient (Wildman–Crippen LogP) is 6.47. The Morgan fingerprint density at radius 2 is 1.68 bits per heavy atom. The van der Waals surface area contributed by atoms with Gasteiger partial charge in [-0.15, -0.1) is 11.3 Å². The van der Waals surface area contributed by atoms with Crippen molar-refractivity contribution in [1.29, 1.82) is 0 Å². The van der Waals surface area contributed by atoms with Crippen molar-refractivity contribution in [3.05, 3.63) is 46.2 Å². The highest BCUT2D eigenvalue weighted by atomic mass is 32.1. The minimum absolute atomic E-state index is 0.0219. The molecule has 1 fully saturated rings. The van der Waals surface area contributed by atoms with Gasteiger partial charge in [-0.1, -0.05) is 57.6 Å². The first-order valence-corrected chi connectivity index (χ1v) is 14.7. The molecular weight excluding hydrogens is 484 g/mol. The van der Waals surface area contributed by atoms with E-state index in [1.807, 2.05) is 39.4 Å². The van der Waals surface area contributed by atoms with E-state index in [4.69, 9.17) is 9.47 Å². The number of hydrogen-bond acceptors (Lipinski definition) is 5. The molecule has 1 aromatic carbocycles. The fourth-order valence-corrected chi connectivity index (χ4v) is 5.33. The van der Waals surface area contributed by atoms with Gasteiger partial charge in [0.1, 0.15) is 6.54 Å². The third kappa shape index (κ3) is 9.69. The minimum Gasteiger partial charge on any atom is -0.493 e. The van der Waals surface area contributed by atoms with Gasteiger partial charge >= 0.3 is 0 Å². The zero-order chi connectivity index (χ0) is 26.5. The van der Waals surface area contributed by atoms with Gasteiger partial charge in [0, 0.05) is 23.9 Å². The Labute approximate surface area is 226 Å². The molecule has 0 aliphatic heterocycles. The Hall–Kier alpha value is -2.54. The summed E-state index contributed by atoms with van der Waals surface area (Å²) in [7, 11) is 3.25. The standard InChI is InChI=1S/C30H44N2O4S/c1-4-5-6-7-8-9-10-13-29(33)32(25-15-16-25)23-30(34)31(22-26-12-11-20-37-26)19-18-24-14-17-27(35-2)28(21-24)36-3/h11-12,14,17,20-21,25H,4-10,13,15-16,18-19,22-23H2,1-3H3. The third-order valence-corrected chi connectivity index (χ3v) is 7.87. The maximum atomic E-state index is 13.5. The monoisotopic (exact) mass is 528 g/mol. The lowest BCUT2D eigenvalue weighted by Crippen LogP contribution is -2.44. The van der Waals surface area contributed by atoms with Crippen LogP contribution in [0.4, 0.5) is 0 Å². The normalized spacial score (nSPS) is 12.8. The lowest BCUT2D eigenvalue weighted by Gasteiger charge is -2.28. The van der Waals surface area contributed by atoms with Gasteiger partial charge in [0.05, 0.1) is 20.8 Å². The van der Waals surface area contributed by atoms with Crippen molar-refractivity contribution in [2.24, 2.45) is 0 Å². The summed E-state index contributed by atoms with van der Waals surface area (Å²) in [5, 5.41) is 2.04. The van der Waals surface area contributed by atoms with Gasteiger partial charge in [0.2, 0.25) is 11.8 Å². The van der Waals surface area contributed by atoms with Crippen LogP contribution in [0.2, 0.25) is 0 Å². The minimum atomic E-state index is 0.0219. The lowest BCUT2D eigenvalue weighted by molar-refractivity contribution is -0.141. The Bertz CT molecular complexity index is 958. The van der Waals surface area contributed by atoms with Crippen LogP contribution < -0.4 is 9.47 Å². The summed E-state index contributed by atoms with van der Waals surface area (Å²) < 4.78 is 10.8. The smallest absolute Gasteiger partial charge is 0.242 e. The van der Waals surface area contributed by atoms with E-state index in [2.05, 4.69) is 13.0 Å². The van der Waals surface area contributed by atoms with Crippen LogP contribution in [0.1, 0.15) is 81.6 Å². The van der Waals surface area contributed by atoms with E-state index in [-0.39, 0.29) is 24.4 Å². The molecule has 1 heterocycles. The molecule has 0 saturated heterocycles. The van der Waals surface area contributed by atoms with Crippen molar-refractivity contribution in [3.63, 3.8) is 0 Å². The SMILES string of the molecule is CCCCCCCCCC(=O)N(CC(=O)N(CCc1ccc(OC)c(OC)c1)Cc1cccs1)C1CC1. The highest BCUT2D eigenvalue weighted by molar-refractivity contribution is 7.09. The lowest BCUT2D eigenvalue weighted by atomic mass is 10.1. The molecule has 204 valence electrons. The van der Waals surface area contributed by atoms with Crippen molar-refractivity contribution in [2.75, 3.05) is 27.3 Å². The summed E-state index contributed by atoms with van der Waals surface area (Å²) in [6, 6.07) is 10.2. The number of carbonyl (C=O) groups is 2. The molecule has 37 heavy (non-hydrogen) atoms. The van der Waals surface area contributed by atoms with Crippen LogP contribution >= 0.6 is 11.3 Å². The second-order valence-electron chi connectivity index (χ2n) is 9.96. The third-order valence-electron chi connectivity index (χ3n) is 7.01. The Morgan fingerprint density at radius 1 is 0.946 bits per heavy atom. The maximum absolute atomic E-state index is 13.5. The largest absolute Gasteiger partial charge is 0.493 e. The molecule has 2 amide bonds. The first kappa shape index (κ1) is 29.0. The molecule has 0 radical (unpaired) electrons. The van der Waals surface area contributed by atoms with Gasteiger partial charge in [-0.25, -0.2) is 0 Å². The molecule has 0 spiro atoms. The topological polar surface area (TPSA) is 59.1 Å². The number of hydrogen-bond donors (Lipinski definition) is 0. The number of unbranched alkanes of at least 4 members (excludes halogenated alkanes) is 6. The quantitative estimate of drug-likeness (QED) is 0.208. The van der Waals surface area contributed by atoms with Gasteiger partial charge < -0.3 is 19.3 Å². The first-order valence-electron chi connectivity index (χ1n) is 13.9. The molecule has 1 saturated carbocycles. The van der Waals surface area contributed by atoms with E-state index in [1.54, 1.807) is 25.6 Å². The van der Waals surface area contributed by atoms with Crippen molar-refractivity contribution in [1.82, 2.24) is 9.80 Å². The molecule has 0 unspecified atom stereocenters. The van der Waals surface area contributed by atoms with E-state index in [0.29, 0.717) is 37.4 Å². The number of thiophene rings is 1. The highest BCUT2D eigenvalue weighted by Crippen LogP contribution is 2.29. The summed E-state index contributed by atoms with van der Waals surface area (Å²) >= 11 is 1.65. The summed E-state index contributed by atoms with van der Waals surface area (Å²) in [5.41, 5.74) is 1.08. The summed E-state index contributed by atoms with van der Waals surface area (Å²) in [5.74, 6) is 1.54. The number of methoxy groups -OCH3 is 2. The summed E-state index contributed by atoms with van der Waals surface area (Å²) in [4.78, 5) is 31.5. The average Bonchev–Trinajstić information content (AvgIpc) is 3.63. The van der Waals surface area contributed by atoms with Gasteiger partial charge in [-0.05, 0) is 54.8 Å². The maximum Gasteiger partial charge on any atom is 0.242 e. The molecule has 6 nitrogen and oxygen atoms in total. The number of benzene rings is 1. The van der Waals surface area contributed by atoms with Gasteiger partial charge in [0.15, 0.2) is 11.5 Å². The van der Waals surface area contributed by atoms with E-state index in [9.17, 15) is 9.59 Å². The first-order chi connectivity index (χ1) is 18.0. The van der Waals surface area contributed by atoms with Crippen molar-refractivity contribution in [2.45, 2.75) is 90.1 Å². The molecule has 1 aliphatic rings. The molecule has 0 bridgehead atoms.